The van der Waals surface area contributed by atoms with Crippen LogP contribution in [0.25, 0.3) is 10.8 Å². The van der Waals surface area contributed by atoms with Gasteiger partial charge in [0.15, 0.2) is 0 Å². The minimum Gasteiger partial charge on any atom is -0.345 e. The number of nitrogens with one attached hydrogen (secondary N) is 1. The number of carbonyl (C=O) groups excluding carboxylic acids is 2. The van der Waals surface area contributed by atoms with E-state index in [1.165, 1.54) is 0 Å². The first-order chi connectivity index (χ1) is 12.3. The molecule has 0 radical (unpaired) electrons. The van der Waals surface area contributed by atoms with Gasteiger partial charge in [0.05, 0.1) is 0 Å². The number of Topliss-reactive ketones (excluding diaryl/α,β-unsaturated/α-hetero) is 1. The molecule has 0 aromatic heterocycles. The van der Waals surface area contributed by atoms with Gasteiger partial charge in [0.1, 0.15) is 5.78 Å². The zero-order chi connectivity index (χ0) is 19.2. The summed E-state index contributed by atoms with van der Waals surface area (Å²) in [6, 6.07) is 12.2. The Bertz CT molecular complexity index is 766. The minimum absolute atomic E-state index is 0.106. The van der Waals surface area contributed by atoms with Gasteiger partial charge in [-0.15, -0.1) is 0 Å². The maximum atomic E-state index is 12.6. The summed E-state index contributed by atoms with van der Waals surface area (Å²) in [7, 11) is 0. The molecule has 1 amide bonds. The fourth-order valence-electron chi connectivity index (χ4n) is 2.93. The van der Waals surface area contributed by atoms with Gasteiger partial charge in [-0.05, 0) is 29.2 Å². The number of alkyl halides is 3. The molecule has 1 N–H and O–H groups in total. The van der Waals surface area contributed by atoms with Crippen LogP contribution >= 0.6 is 0 Å². The normalized spacial score (nSPS) is 12.8. The molecule has 0 bridgehead atoms. The SMILES string of the molecule is CCCCC(=O)C[C@@H](Cc1cccc2ccccc12)NC(=O)C(F)(F)F. The molecule has 0 unspecified atom stereocenters. The number of benzene rings is 2. The van der Waals surface area contributed by atoms with Crippen molar-refractivity contribution >= 4 is 22.5 Å². The Hall–Kier alpha value is -2.37. The highest BCUT2D eigenvalue weighted by Crippen LogP contribution is 2.22. The Morgan fingerprint density at radius 1 is 1.08 bits per heavy atom. The van der Waals surface area contributed by atoms with E-state index in [4.69, 9.17) is 0 Å². The zero-order valence-corrected chi connectivity index (χ0v) is 14.6. The number of hydrogen-bond acceptors (Lipinski definition) is 2. The van der Waals surface area contributed by atoms with Crippen LogP contribution < -0.4 is 5.32 Å². The average molecular weight is 365 g/mol. The van der Waals surface area contributed by atoms with Crippen LogP contribution in [0.2, 0.25) is 0 Å². The molecule has 2 aromatic carbocycles. The third kappa shape index (κ3) is 5.58. The van der Waals surface area contributed by atoms with Gasteiger partial charge in [0.25, 0.3) is 0 Å². The first-order valence-corrected chi connectivity index (χ1v) is 8.67. The highest BCUT2D eigenvalue weighted by Gasteiger charge is 2.39. The second-order valence-corrected chi connectivity index (χ2v) is 6.36. The van der Waals surface area contributed by atoms with Crippen molar-refractivity contribution in [3.8, 4) is 0 Å². The molecule has 2 aromatic rings. The predicted molar refractivity (Wildman–Crippen MR) is 94.8 cm³/mol. The average Bonchev–Trinajstić information content (AvgIpc) is 2.59. The van der Waals surface area contributed by atoms with Crippen LogP contribution in [0.4, 0.5) is 13.2 Å². The van der Waals surface area contributed by atoms with Crippen LogP contribution in [0.5, 0.6) is 0 Å². The van der Waals surface area contributed by atoms with Crippen molar-refractivity contribution < 1.29 is 22.8 Å². The smallest absolute Gasteiger partial charge is 0.345 e. The van der Waals surface area contributed by atoms with E-state index >= 15 is 0 Å². The summed E-state index contributed by atoms with van der Waals surface area (Å²) in [5, 5.41) is 3.86. The summed E-state index contributed by atoms with van der Waals surface area (Å²) in [4.78, 5) is 23.4. The summed E-state index contributed by atoms with van der Waals surface area (Å²) in [6.45, 7) is 1.94. The maximum absolute atomic E-state index is 12.6. The van der Waals surface area contributed by atoms with Gasteiger partial charge in [0, 0.05) is 18.9 Å². The van der Waals surface area contributed by atoms with E-state index < -0.39 is 18.1 Å². The van der Waals surface area contributed by atoms with Gasteiger partial charge >= 0.3 is 12.1 Å². The van der Waals surface area contributed by atoms with Crippen molar-refractivity contribution in [2.45, 2.75) is 51.2 Å². The number of carbonyl (C=O) groups is 2. The molecule has 6 heteroatoms. The molecule has 26 heavy (non-hydrogen) atoms. The molecule has 0 aliphatic heterocycles. The Labute approximate surface area is 150 Å². The van der Waals surface area contributed by atoms with E-state index in [1.54, 1.807) is 0 Å². The number of amides is 1. The number of hydrogen-bond donors (Lipinski definition) is 1. The third-order valence-electron chi connectivity index (χ3n) is 4.22. The van der Waals surface area contributed by atoms with Crippen molar-refractivity contribution in [1.82, 2.24) is 5.32 Å². The summed E-state index contributed by atoms with van der Waals surface area (Å²) in [5.74, 6) is -2.15. The first-order valence-electron chi connectivity index (χ1n) is 8.67. The summed E-state index contributed by atoms with van der Waals surface area (Å²) in [6.07, 6.45) is -3.08. The Morgan fingerprint density at radius 3 is 2.46 bits per heavy atom. The largest absolute Gasteiger partial charge is 0.471 e. The fraction of sp³-hybridized carbons (Fsp3) is 0.400. The maximum Gasteiger partial charge on any atom is 0.471 e. The van der Waals surface area contributed by atoms with Gasteiger partial charge in [-0.3, -0.25) is 9.59 Å². The van der Waals surface area contributed by atoms with E-state index in [2.05, 4.69) is 0 Å². The van der Waals surface area contributed by atoms with Crippen LogP contribution in [-0.4, -0.2) is 23.9 Å². The minimum atomic E-state index is -4.97. The van der Waals surface area contributed by atoms with E-state index in [9.17, 15) is 22.8 Å². The van der Waals surface area contributed by atoms with Crippen molar-refractivity contribution in [2.75, 3.05) is 0 Å². The summed E-state index contributed by atoms with van der Waals surface area (Å²) >= 11 is 0. The summed E-state index contributed by atoms with van der Waals surface area (Å²) < 4.78 is 37.9. The molecule has 0 fully saturated rings. The Morgan fingerprint density at radius 2 is 1.77 bits per heavy atom. The highest BCUT2D eigenvalue weighted by atomic mass is 19.4. The molecular weight excluding hydrogens is 343 g/mol. The molecular formula is C20H22F3NO2. The monoisotopic (exact) mass is 365 g/mol. The predicted octanol–water partition coefficient (Wildman–Crippen LogP) is 4.58. The van der Waals surface area contributed by atoms with Gasteiger partial charge in [0.2, 0.25) is 0 Å². The Kier molecular flexibility index (Phi) is 6.77. The molecule has 0 spiro atoms. The number of unbranched alkanes of at least 4 members (excludes halogenated alkanes) is 1. The van der Waals surface area contributed by atoms with Crippen LogP contribution in [0.15, 0.2) is 42.5 Å². The van der Waals surface area contributed by atoms with Gasteiger partial charge in [-0.25, -0.2) is 0 Å². The Balaban J connectivity index is 2.21. The number of fused-ring (bicyclic) bond motifs is 1. The molecule has 0 aliphatic rings. The van der Waals surface area contributed by atoms with Gasteiger partial charge in [-0.2, -0.15) is 13.2 Å². The lowest BCUT2D eigenvalue weighted by Gasteiger charge is -2.20. The topological polar surface area (TPSA) is 46.2 Å². The fourth-order valence-corrected chi connectivity index (χ4v) is 2.93. The van der Waals surface area contributed by atoms with Crippen LogP contribution in [-0.2, 0) is 16.0 Å². The van der Waals surface area contributed by atoms with Crippen molar-refractivity contribution in [3.63, 3.8) is 0 Å². The number of rotatable bonds is 8. The zero-order valence-electron chi connectivity index (χ0n) is 14.6. The second-order valence-electron chi connectivity index (χ2n) is 6.36. The molecule has 0 heterocycles. The lowest BCUT2D eigenvalue weighted by molar-refractivity contribution is -0.174. The molecule has 2 rings (SSSR count). The first kappa shape index (κ1) is 19.9. The lowest BCUT2D eigenvalue weighted by atomic mass is 9.95. The third-order valence-corrected chi connectivity index (χ3v) is 4.22. The van der Waals surface area contributed by atoms with Gasteiger partial charge < -0.3 is 5.32 Å². The lowest BCUT2D eigenvalue weighted by Crippen LogP contribution is -2.45. The molecule has 3 nitrogen and oxygen atoms in total. The van der Waals surface area contributed by atoms with E-state index in [1.807, 2.05) is 54.7 Å². The van der Waals surface area contributed by atoms with E-state index in [-0.39, 0.29) is 18.6 Å². The van der Waals surface area contributed by atoms with E-state index in [0.717, 1.165) is 22.8 Å². The van der Waals surface area contributed by atoms with Crippen LogP contribution in [0, 0.1) is 0 Å². The quantitative estimate of drug-likeness (QED) is 0.744. The van der Waals surface area contributed by atoms with Crippen molar-refractivity contribution in [2.24, 2.45) is 0 Å². The molecule has 1 atom stereocenters. The standard InChI is InChI=1S/C20H22F3NO2/c1-2-3-10-17(25)13-16(24-19(26)20(21,22)23)12-15-9-6-8-14-7-4-5-11-18(14)15/h4-9,11,16H,2-3,10,12-13H2,1H3,(H,24,26)/t16-/m1/s1. The van der Waals surface area contributed by atoms with Gasteiger partial charge in [-0.1, -0.05) is 55.8 Å². The van der Waals surface area contributed by atoms with Crippen LogP contribution in [0.3, 0.4) is 0 Å². The van der Waals surface area contributed by atoms with Crippen molar-refractivity contribution in [1.29, 1.82) is 0 Å². The highest BCUT2D eigenvalue weighted by molar-refractivity contribution is 5.87. The molecule has 0 saturated heterocycles. The van der Waals surface area contributed by atoms with Crippen LogP contribution in [0.1, 0.15) is 38.2 Å². The van der Waals surface area contributed by atoms with Crippen molar-refractivity contribution in [3.05, 3.63) is 48.0 Å². The second kappa shape index (κ2) is 8.83. The number of ketones is 1. The molecule has 0 saturated carbocycles. The van der Waals surface area contributed by atoms with E-state index in [0.29, 0.717) is 12.8 Å². The summed E-state index contributed by atoms with van der Waals surface area (Å²) in [5.41, 5.74) is 0.805. The number of halogens is 3. The molecule has 0 aliphatic carbocycles. The molecule has 140 valence electrons.